The molecule has 1 N–H and O–H groups in total. The summed E-state index contributed by atoms with van der Waals surface area (Å²) in [4.78, 5) is 0. The van der Waals surface area contributed by atoms with E-state index in [2.05, 4.69) is 55.7 Å². The molecule has 0 aliphatic heterocycles. The molecule has 2 aromatic carbocycles. The zero-order valence-electron chi connectivity index (χ0n) is 11.1. The molecular formula is C15H14BrN3O. The Morgan fingerprint density at radius 1 is 1.10 bits per heavy atom. The molecule has 0 amide bonds. The molecule has 0 unspecified atom stereocenters. The predicted molar refractivity (Wildman–Crippen MR) is 82.3 cm³/mol. The molecule has 0 fully saturated rings. The van der Waals surface area contributed by atoms with Gasteiger partial charge in [-0.25, -0.2) is 0 Å². The second-order valence-corrected chi connectivity index (χ2v) is 5.40. The van der Waals surface area contributed by atoms with Crippen molar-refractivity contribution in [1.29, 1.82) is 0 Å². The van der Waals surface area contributed by atoms with E-state index in [1.807, 2.05) is 19.1 Å². The van der Waals surface area contributed by atoms with E-state index in [0.717, 1.165) is 22.0 Å². The van der Waals surface area contributed by atoms with Crippen LogP contribution >= 0.6 is 15.9 Å². The van der Waals surface area contributed by atoms with Gasteiger partial charge in [0.05, 0.1) is 6.54 Å². The molecule has 0 atom stereocenters. The average Bonchev–Trinajstić information content (AvgIpc) is 2.93. The van der Waals surface area contributed by atoms with E-state index < -0.39 is 0 Å². The zero-order valence-corrected chi connectivity index (χ0v) is 12.6. The molecule has 0 radical (unpaired) electrons. The Morgan fingerprint density at radius 3 is 2.75 bits per heavy atom. The largest absolute Gasteiger partial charge is 0.419 e. The molecule has 0 bridgehead atoms. The van der Waals surface area contributed by atoms with Crippen LogP contribution in [0.25, 0.3) is 22.2 Å². The standard InChI is InChI=1S/C15H14BrN3O/c1-2-17-9-14-18-19-15(20-14)12-4-3-11-8-13(16)6-5-10(11)7-12/h3-8,17H,2,9H2,1H3. The van der Waals surface area contributed by atoms with Gasteiger partial charge in [0.1, 0.15) is 0 Å². The Hall–Kier alpha value is -1.72. The van der Waals surface area contributed by atoms with Crippen molar-refractivity contribution < 1.29 is 4.42 Å². The van der Waals surface area contributed by atoms with Crippen LogP contribution in [0.4, 0.5) is 0 Å². The molecule has 0 aliphatic rings. The summed E-state index contributed by atoms with van der Waals surface area (Å²) >= 11 is 3.48. The fraction of sp³-hybridized carbons (Fsp3) is 0.200. The maximum Gasteiger partial charge on any atom is 0.247 e. The quantitative estimate of drug-likeness (QED) is 0.790. The van der Waals surface area contributed by atoms with Gasteiger partial charge in [-0.05, 0) is 41.6 Å². The normalized spacial score (nSPS) is 11.1. The molecule has 1 aromatic heterocycles. The number of hydrogen-bond acceptors (Lipinski definition) is 4. The van der Waals surface area contributed by atoms with E-state index in [-0.39, 0.29) is 0 Å². The number of aromatic nitrogens is 2. The Kier molecular flexibility index (Phi) is 3.80. The monoisotopic (exact) mass is 331 g/mol. The van der Waals surface area contributed by atoms with E-state index in [0.29, 0.717) is 18.3 Å². The van der Waals surface area contributed by atoms with Crippen LogP contribution in [0.15, 0.2) is 45.3 Å². The molecule has 20 heavy (non-hydrogen) atoms. The smallest absolute Gasteiger partial charge is 0.247 e. The van der Waals surface area contributed by atoms with E-state index >= 15 is 0 Å². The van der Waals surface area contributed by atoms with Gasteiger partial charge < -0.3 is 9.73 Å². The topological polar surface area (TPSA) is 51.0 Å². The fourth-order valence-corrected chi connectivity index (χ4v) is 2.40. The third-order valence-electron chi connectivity index (χ3n) is 3.04. The predicted octanol–water partition coefficient (Wildman–Crippen LogP) is 3.76. The highest BCUT2D eigenvalue weighted by Crippen LogP contribution is 2.25. The third-order valence-corrected chi connectivity index (χ3v) is 3.54. The highest BCUT2D eigenvalue weighted by Gasteiger charge is 2.08. The highest BCUT2D eigenvalue weighted by atomic mass is 79.9. The summed E-state index contributed by atoms with van der Waals surface area (Å²) in [5, 5.41) is 13.6. The maximum atomic E-state index is 5.65. The van der Waals surface area contributed by atoms with Crippen molar-refractivity contribution in [3.05, 3.63) is 46.8 Å². The van der Waals surface area contributed by atoms with Gasteiger partial charge in [-0.2, -0.15) is 0 Å². The van der Waals surface area contributed by atoms with Crippen molar-refractivity contribution in [1.82, 2.24) is 15.5 Å². The number of nitrogens with zero attached hydrogens (tertiary/aromatic N) is 2. The Bertz CT molecular complexity index is 739. The number of benzene rings is 2. The van der Waals surface area contributed by atoms with Gasteiger partial charge in [-0.1, -0.05) is 35.0 Å². The lowest BCUT2D eigenvalue weighted by Crippen LogP contribution is -2.11. The highest BCUT2D eigenvalue weighted by molar-refractivity contribution is 9.10. The molecule has 0 aliphatic carbocycles. The molecule has 0 saturated carbocycles. The summed E-state index contributed by atoms with van der Waals surface area (Å²) in [6.07, 6.45) is 0. The number of rotatable bonds is 4. The average molecular weight is 332 g/mol. The van der Waals surface area contributed by atoms with Gasteiger partial charge in [-0.15, -0.1) is 10.2 Å². The van der Waals surface area contributed by atoms with E-state index in [1.54, 1.807) is 0 Å². The molecule has 3 rings (SSSR count). The maximum absolute atomic E-state index is 5.65. The number of nitrogens with one attached hydrogen (secondary N) is 1. The van der Waals surface area contributed by atoms with Crippen LogP contribution in [-0.2, 0) is 6.54 Å². The van der Waals surface area contributed by atoms with Crippen molar-refractivity contribution in [2.24, 2.45) is 0 Å². The van der Waals surface area contributed by atoms with Gasteiger partial charge in [0, 0.05) is 10.0 Å². The van der Waals surface area contributed by atoms with Gasteiger partial charge in [0.25, 0.3) is 0 Å². The first-order valence-corrected chi connectivity index (χ1v) is 7.28. The molecular weight excluding hydrogens is 318 g/mol. The minimum absolute atomic E-state index is 0.558. The van der Waals surface area contributed by atoms with Crippen LogP contribution in [0.5, 0.6) is 0 Å². The molecule has 5 heteroatoms. The van der Waals surface area contributed by atoms with E-state index in [1.165, 1.54) is 5.39 Å². The Balaban J connectivity index is 1.93. The lowest BCUT2D eigenvalue weighted by Gasteiger charge is -2.01. The molecule has 4 nitrogen and oxygen atoms in total. The first-order valence-electron chi connectivity index (χ1n) is 6.49. The van der Waals surface area contributed by atoms with Crippen LogP contribution in [0.1, 0.15) is 12.8 Å². The van der Waals surface area contributed by atoms with Crippen molar-refractivity contribution in [3.8, 4) is 11.5 Å². The summed E-state index contributed by atoms with van der Waals surface area (Å²) in [6.45, 7) is 3.52. The van der Waals surface area contributed by atoms with E-state index in [9.17, 15) is 0 Å². The minimum atomic E-state index is 0.558. The summed E-state index contributed by atoms with van der Waals surface area (Å²) < 4.78 is 6.72. The Morgan fingerprint density at radius 2 is 1.90 bits per heavy atom. The second kappa shape index (κ2) is 5.73. The third kappa shape index (κ3) is 2.73. The van der Waals surface area contributed by atoms with Crippen molar-refractivity contribution >= 4 is 26.7 Å². The SMILES string of the molecule is CCNCc1nnc(-c2ccc3cc(Br)ccc3c2)o1. The van der Waals surface area contributed by atoms with Crippen molar-refractivity contribution in [2.75, 3.05) is 6.54 Å². The van der Waals surface area contributed by atoms with Crippen LogP contribution < -0.4 is 5.32 Å². The summed E-state index contributed by atoms with van der Waals surface area (Å²) in [5.41, 5.74) is 0.940. The van der Waals surface area contributed by atoms with Gasteiger partial charge in [0.15, 0.2) is 0 Å². The first-order chi connectivity index (χ1) is 9.76. The lowest BCUT2D eigenvalue weighted by atomic mass is 10.1. The summed E-state index contributed by atoms with van der Waals surface area (Å²) in [6, 6.07) is 12.3. The van der Waals surface area contributed by atoms with Crippen LogP contribution in [0.2, 0.25) is 0 Å². The van der Waals surface area contributed by atoms with E-state index in [4.69, 9.17) is 4.42 Å². The van der Waals surface area contributed by atoms with Crippen LogP contribution in [-0.4, -0.2) is 16.7 Å². The second-order valence-electron chi connectivity index (χ2n) is 4.49. The number of fused-ring (bicyclic) bond motifs is 1. The van der Waals surface area contributed by atoms with Crippen LogP contribution in [0.3, 0.4) is 0 Å². The first kappa shape index (κ1) is 13.3. The molecule has 3 aromatic rings. The van der Waals surface area contributed by atoms with Gasteiger partial charge in [-0.3, -0.25) is 0 Å². The summed E-state index contributed by atoms with van der Waals surface area (Å²) in [7, 11) is 0. The lowest BCUT2D eigenvalue weighted by molar-refractivity contribution is 0.482. The molecule has 1 heterocycles. The molecule has 0 saturated heterocycles. The number of halogens is 1. The Labute approximate surface area is 125 Å². The zero-order chi connectivity index (χ0) is 13.9. The molecule has 0 spiro atoms. The minimum Gasteiger partial charge on any atom is -0.419 e. The number of hydrogen-bond donors (Lipinski definition) is 1. The van der Waals surface area contributed by atoms with Crippen molar-refractivity contribution in [3.63, 3.8) is 0 Å². The van der Waals surface area contributed by atoms with Crippen LogP contribution in [0, 0.1) is 0 Å². The van der Waals surface area contributed by atoms with Crippen molar-refractivity contribution in [2.45, 2.75) is 13.5 Å². The van der Waals surface area contributed by atoms with Gasteiger partial charge >= 0.3 is 0 Å². The van der Waals surface area contributed by atoms with Gasteiger partial charge in [0.2, 0.25) is 11.8 Å². The molecule has 102 valence electrons. The fourth-order valence-electron chi connectivity index (χ4n) is 2.02. The summed E-state index contributed by atoms with van der Waals surface area (Å²) in [5.74, 6) is 1.17.